The monoisotopic (exact) mass is 322 g/mol. The average molecular weight is 323 g/mol. The van der Waals surface area contributed by atoms with Crippen LogP contribution < -0.4 is 4.74 Å². The van der Waals surface area contributed by atoms with E-state index in [4.69, 9.17) is 4.74 Å². The summed E-state index contributed by atoms with van der Waals surface area (Å²) in [7, 11) is 0. The molecular weight excluding hydrogens is 312 g/mol. The number of nitrogens with zero attached hydrogens (tertiary/aromatic N) is 2. The Morgan fingerprint density at radius 2 is 1.95 bits per heavy atom. The third-order valence-corrected chi connectivity index (χ3v) is 3.33. The van der Waals surface area contributed by atoms with Crippen LogP contribution in [0.1, 0.15) is 21.6 Å². The lowest BCUT2D eigenvalue weighted by Gasteiger charge is -2.11. The number of aryl methyl sites for hydroxylation is 1. The Morgan fingerprint density at radius 3 is 2.58 bits per heavy atom. The van der Waals surface area contributed by atoms with E-state index in [-0.39, 0.29) is 11.4 Å². The third kappa shape index (κ3) is 2.73. The highest BCUT2D eigenvalue weighted by Crippen LogP contribution is 2.31. The second-order valence-electron chi connectivity index (χ2n) is 3.93. The van der Waals surface area contributed by atoms with Crippen LogP contribution in [0.25, 0.3) is 0 Å². The van der Waals surface area contributed by atoms with Crippen molar-refractivity contribution in [2.24, 2.45) is 0 Å². The van der Waals surface area contributed by atoms with E-state index in [2.05, 4.69) is 26.1 Å². The molecule has 0 aliphatic heterocycles. The van der Waals surface area contributed by atoms with Crippen molar-refractivity contribution in [3.05, 3.63) is 45.6 Å². The number of carbonyl (C=O) groups is 1. The number of rotatable bonds is 3. The fraction of sp³-hybridized carbons (Fsp3) is 0.154. The summed E-state index contributed by atoms with van der Waals surface area (Å²) in [6, 6.07) is 7.13. The van der Waals surface area contributed by atoms with E-state index < -0.39 is 5.97 Å². The lowest BCUT2D eigenvalue weighted by molar-refractivity contribution is 0.0692. The molecule has 19 heavy (non-hydrogen) atoms. The molecular formula is C13H11BrN2O3. The molecule has 0 saturated carbocycles. The van der Waals surface area contributed by atoms with Crippen LogP contribution in [0.5, 0.6) is 11.6 Å². The second kappa shape index (κ2) is 5.36. The van der Waals surface area contributed by atoms with Crippen LogP contribution in [-0.2, 0) is 0 Å². The van der Waals surface area contributed by atoms with E-state index >= 15 is 0 Å². The number of carboxylic acid groups (broad SMARTS) is 1. The minimum absolute atomic E-state index is 0.0116. The number of ether oxygens (including phenoxy) is 1. The maximum atomic E-state index is 11.3. The highest BCUT2D eigenvalue weighted by Gasteiger charge is 2.20. The number of hydrogen-bond acceptors (Lipinski definition) is 4. The first kappa shape index (κ1) is 13.5. The Hall–Kier alpha value is -1.95. The predicted molar refractivity (Wildman–Crippen MR) is 72.7 cm³/mol. The van der Waals surface area contributed by atoms with E-state index in [0.29, 0.717) is 21.5 Å². The minimum Gasteiger partial charge on any atom is -0.477 e. The minimum atomic E-state index is -1.09. The molecule has 0 aliphatic rings. The number of para-hydroxylation sites is 1. The Balaban J connectivity index is 2.49. The molecule has 6 heteroatoms. The zero-order valence-electron chi connectivity index (χ0n) is 10.3. The summed E-state index contributed by atoms with van der Waals surface area (Å²) in [5.41, 5.74) is 1.14. The SMILES string of the molecule is Cc1nnc(Oc2ccccc2Br)c(C(=O)O)c1C. The van der Waals surface area contributed by atoms with Crippen LogP contribution in [0.2, 0.25) is 0 Å². The maximum Gasteiger partial charge on any atom is 0.341 e. The Kier molecular flexibility index (Phi) is 3.80. The van der Waals surface area contributed by atoms with Gasteiger partial charge in [-0.15, -0.1) is 5.10 Å². The van der Waals surface area contributed by atoms with Gasteiger partial charge in [-0.25, -0.2) is 4.79 Å². The molecule has 0 fully saturated rings. The Labute approximate surface area is 118 Å². The molecule has 2 rings (SSSR count). The van der Waals surface area contributed by atoms with E-state index in [9.17, 15) is 9.90 Å². The van der Waals surface area contributed by atoms with Crippen molar-refractivity contribution >= 4 is 21.9 Å². The van der Waals surface area contributed by atoms with Crippen molar-refractivity contribution in [2.75, 3.05) is 0 Å². The summed E-state index contributed by atoms with van der Waals surface area (Å²) in [6.07, 6.45) is 0. The zero-order valence-corrected chi connectivity index (χ0v) is 11.9. The highest BCUT2D eigenvalue weighted by molar-refractivity contribution is 9.10. The van der Waals surface area contributed by atoms with Crippen LogP contribution in [0.4, 0.5) is 0 Å². The molecule has 0 aliphatic carbocycles. The molecule has 98 valence electrons. The van der Waals surface area contributed by atoms with Gasteiger partial charge in [0.05, 0.1) is 10.2 Å². The van der Waals surface area contributed by atoms with E-state index in [1.807, 2.05) is 6.07 Å². The van der Waals surface area contributed by atoms with Gasteiger partial charge < -0.3 is 9.84 Å². The third-order valence-electron chi connectivity index (χ3n) is 2.68. The summed E-state index contributed by atoms with van der Waals surface area (Å²) in [4.78, 5) is 11.3. The van der Waals surface area contributed by atoms with Crippen LogP contribution >= 0.6 is 15.9 Å². The van der Waals surface area contributed by atoms with Gasteiger partial charge in [0.1, 0.15) is 11.3 Å². The fourth-order valence-electron chi connectivity index (χ4n) is 1.54. The van der Waals surface area contributed by atoms with Crippen molar-refractivity contribution in [1.29, 1.82) is 0 Å². The molecule has 0 amide bonds. The van der Waals surface area contributed by atoms with Gasteiger partial charge in [-0.3, -0.25) is 0 Å². The average Bonchev–Trinajstić information content (AvgIpc) is 2.36. The highest BCUT2D eigenvalue weighted by atomic mass is 79.9. The largest absolute Gasteiger partial charge is 0.477 e. The second-order valence-corrected chi connectivity index (χ2v) is 4.78. The van der Waals surface area contributed by atoms with Crippen LogP contribution in [0, 0.1) is 13.8 Å². The van der Waals surface area contributed by atoms with Crippen molar-refractivity contribution in [1.82, 2.24) is 10.2 Å². The lowest BCUT2D eigenvalue weighted by atomic mass is 10.1. The van der Waals surface area contributed by atoms with E-state index in [1.165, 1.54) is 0 Å². The Bertz CT molecular complexity index is 644. The number of carboxylic acids is 1. The summed E-state index contributed by atoms with van der Waals surface area (Å²) >= 11 is 3.33. The number of aromatic nitrogens is 2. The number of aromatic carboxylic acids is 1. The maximum absolute atomic E-state index is 11.3. The Morgan fingerprint density at radius 1 is 1.26 bits per heavy atom. The van der Waals surface area contributed by atoms with Gasteiger partial charge >= 0.3 is 5.97 Å². The lowest BCUT2D eigenvalue weighted by Crippen LogP contribution is -2.08. The molecule has 0 atom stereocenters. The van der Waals surface area contributed by atoms with Gasteiger partial charge in [-0.2, -0.15) is 5.10 Å². The summed E-state index contributed by atoms with van der Waals surface area (Å²) in [6.45, 7) is 3.39. The van der Waals surface area contributed by atoms with Crippen molar-refractivity contribution in [2.45, 2.75) is 13.8 Å². The van der Waals surface area contributed by atoms with Gasteiger partial charge in [0.2, 0.25) is 0 Å². The van der Waals surface area contributed by atoms with Gasteiger partial charge in [0.25, 0.3) is 5.88 Å². The first-order valence-electron chi connectivity index (χ1n) is 5.50. The van der Waals surface area contributed by atoms with Crippen molar-refractivity contribution < 1.29 is 14.6 Å². The number of hydrogen-bond donors (Lipinski definition) is 1. The molecule has 0 radical (unpaired) electrons. The topological polar surface area (TPSA) is 72.3 Å². The quantitative estimate of drug-likeness (QED) is 0.938. The van der Waals surface area contributed by atoms with Crippen LogP contribution in [0.15, 0.2) is 28.7 Å². The first-order valence-corrected chi connectivity index (χ1v) is 6.29. The van der Waals surface area contributed by atoms with Crippen LogP contribution in [-0.4, -0.2) is 21.3 Å². The van der Waals surface area contributed by atoms with E-state index in [1.54, 1.807) is 32.0 Å². The molecule has 1 aromatic carbocycles. The van der Waals surface area contributed by atoms with Gasteiger partial charge in [0, 0.05) is 0 Å². The standard InChI is InChI=1S/C13H11BrN2O3/c1-7-8(2)15-16-12(11(7)13(17)18)19-10-6-4-3-5-9(10)14/h3-6H,1-2H3,(H,17,18). The molecule has 1 heterocycles. The van der Waals surface area contributed by atoms with Gasteiger partial charge in [-0.05, 0) is 47.5 Å². The summed E-state index contributed by atoms with van der Waals surface area (Å²) < 4.78 is 6.25. The van der Waals surface area contributed by atoms with Crippen molar-refractivity contribution in [3.8, 4) is 11.6 Å². The molecule has 2 aromatic rings. The molecule has 0 spiro atoms. The smallest absolute Gasteiger partial charge is 0.341 e. The predicted octanol–water partition coefficient (Wildman–Crippen LogP) is 3.35. The number of benzene rings is 1. The molecule has 0 bridgehead atoms. The molecule has 5 nitrogen and oxygen atoms in total. The van der Waals surface area contributed by atoms with Crippen molar-refractivity contribution in [3.63, 3.8) is 0 Å². The molecule has 0 unspecified atom stereocenters. The van der Waals surface area contributed by atoms with Crippen LogP contribution in [0.3, 0.4) is 0 Å². The van der Waals surface area contributed by atoms with E-state index in [0.717, 1.165) is 0 Å². The first-order chi connectivity index (χ1) is 9.00. The fourth-order valence-corrected chi connectivity index (χ4v) is 1.91. The van der Waals surface area contributed by atoms with Gasteiger partial charge in [0.15, 0.2) is 0 Å². The zero-order chi connectivity index (χ0) is 14.0. The molecule has 0 saturated heterocycles. The normalized spacial score (nSPS) is 10.3. The summed E-state index contributed by atoms with van der Waals surface area (Å²) in [5, 5.41) is 17.0. The molecule has 1 aromatic heterocycles. The molecule has 1 N–H and O–H groups in total. The van der Waals surface area contributed by atoms with Gasteiger partial charge in [-0.1, -0.05) is 12.1 Å². The number of halogens is 1. The summed E-state index contributed by atoms with van der Waals surface area (Å²) in [5.74, 6) is -0.609.